The topological polar surface area (TPSA) is 35.2 Å². The Morgan fingerprint density at radius 1 is 1.39 bits per heavy atom. The minimum Gasteiger partial charge on any atom is -0.378 e. The summed E-state index contributed by atoms with van der Waals surface area (Å²) >= 11 is 0. The van der Waals surface area contributed by atoms with E-state index in [2.05, 4.69) is 31.2 Å². The second-order valence-corrected chi connectivity index (χ2v) is 5.22. The number of ether oxygens (including phenoxy) is 1. The Hall–Kier alpha value is -0.860. The average molecular weight is 247 g/mol. The summed E-state index contributed by atoms with van der Waals surface area (Å²) < 4.78 is 5.64. The molecule has 2 nitrogen and oxygen atoms in total. The molecule has 0 amide bonds. The Kier molecular flexibility index (Phi) is 5.21. The van der Waals surface area contributed by atoms with Crippen LogP contribution < -0.4 is 5.73 Å². The second-order valence-electron chi connectivity index (χ2n) is 5.22. The Labute approximate surface area is 111 Å². The van der Waals surface area contributed by atoms with E-state index >= 15 is 0 Å². The highest BCUT2D eigenvalue weighted by atomic mass is 16.5. The highest BCUT2D eigenvalue weighted by molar-refractivity contribution is 5.29. The highest BCUT2D eigenvalue weighted by Crippen LogP contribution is 2.24. The van der Waals surface area contributed by atoms with Crippen LogP contribution in [-0.4, -0.2) is 12.7 Å². The summed E-state index contributed by atoms with van der Waals surface area (Å²) in [5.74, 6) is 0. The molecule has 18 heavy (non-hydrogen) atoms. The van der Waals surface area contributed by atoms with Gasteiger partial charge < -0.3 is 10.5 Å². The van der Waals surface area contributed by atoms with E-state index < -0.39 is 0 Å². The fraction of sp³-hybridized carbons (Fsp3) is 0.625. The first-order valence-corrected chi connectivity index (χ1v) is 7.26. The maximum atomic E-state index is 6.32. The molecule has 2 N–H and O–H groups in total. The van der Waals surface area contributed by atoms with E-state index in [4.69, 9.17) is 10.5 Å². The lowest BCUT2D eigenvalue weighted by atomic mass is 9.95. The van der Waals surface area contributed by atoms with Crippen molar-refractivity contribution in [2.45, 2.75) is 57.6 Å². The zero-order valence-corrected chi connectivity index (χ0v) is 11.4. The molecular formula is C16H25NO. The summed E-state index contributed by atoms with van der Waals surface area (Å²) in [6, 6.07) is 8.74. The van der Waals surface area contributed by atoms with Gasteiger partial charge in [0, 0.05) is 12.6 Å². The predicted molar refractivity (Wildman–Crippen MR) is 75.6 cm³/mol. The van der Waals surface area contributed by atoms with Crippen LogP contribution in [-0.2, 0) is 11.2 Å². The Morgan fingerprint density at radius 3 is 2.94 bits per heavy atom. The van der Waals surface area contributed by atoms with Crippen molar-refractivity contribution in [3.05, 3.63) is 35.4 Å². The van der Waals surface area contributed by atoms with Crippen molar-refractivity contribution in [3.63, 3.8) is 0 Å². The van der Waals surface area contributed by atoms with Crippen LogP contribution in [0.1, 0.15) is 56.2 Å². The first-order valence-electron chi connectivity index (χ1n) is 7.26. The van der Waals surface area contributed by atoms with Gasteiger partial charge in [0.05, 0.1) is 6.10 Å². The molecular weight excluding hydrogens is 222 g/mol. The lowest BCUT2D eigenvalue weighted by Gasteiger charge is -2.16. The molecule has 1 aliphatic heterocycles. The summed E-state index contributed by atoms with van der Waals surface area (Å²) in [7, 11) is 0. The van der Waals surface area contributed by atoms with Crippen molar-refractivity contribution in [1.82, 2.24) is 0 Å². The van der Waals surface area contributed by atoms with Gasteiger partial charge in [-0.25, -0.2) is 0 Å². The molecule has 0 aliphatic carbocycles. The monoisotopic (exact) mass is 247 g/mol. The molecule has 0 aromatic heterocycles. The molecule has 1 saturated heterocycles. The number of rotatable bonds is 6. The van der Waals surface area contributed by atoms with Crippen LogP contribution in [0.5, 0.6) is 0 Å². The molecule has 0 saturated carbocycles. The summed E-state index contributed by atoms with van der Waals surface area (Å²) in [6.07, 6.45) is 7.44. The molecule has 1 fully saturated rings. The maximum absolute atomic E-state index is 6.32. The molecule has 2 unspecified atom stereocenters. The van der Waals surface area contributed by atoms with Crippen LogP contribution in [0.2, 0.25) is 0 Å². The van der Waals surface area contributed by atoms with Gasteiger partial charge >= 0.3 is 0 Å². The van der Waals surface area contributed by atoms with Crippen molar-refractivity contribution in [1.29, 1.82) is 0 Å². The van der Waals surface area contributed by atoms with Crippen molar-refractivity contribution >= 4 is 0 Å². The SMILES string of the molecule is CCc1ccccc1C(N)CCCC1CCCO1. The van der Waals surface area contributed by atoms with E-state index in [9.17, 15) is 0 Å². The van der Waals surface area contributed by atoms with E-state index in [1.807, 2.05) is 0 Å². The molecule has 1 aromatic carbocycles. The maximum Gasteiger partial charge on any atom is 0.0576 e. The average Bonchev–Trinajstić information content (AvgIpc) is 2.91. The van der Waals surface area contributed by atoms with Gasteiger partial charge in [-0.15, -0.1) is 0 Å². The van der Waals surface area contributed by atoms with Crippen LogP contribution >= 0.6 is 0 Å². The second kappa shape index (κ2) is 6.91. The van der Waals surface area contributed by atoms with Gasteiger partial charge in [0.15, 0.2) is 0 Å². The van der Waals surface area contributed by atoms with Gasteiger partial charge in [-0.2, -0.15) is 0 Å². The first-order chi connectivity index (χ1) is 8.81. The molecule has 0 bridgehead atoms. The highest BCUT2D eigenvalue weighted by Gasteiger charge is 2.16. The zero-order chi connectivity index (χ0) is 12.8. The third-order valence-corrected chi connectivity index (χ3v) is 3.90. The smallest absolute Gasteiger partial charge is 0.0576 e. The fourth-order valence-electron chi connectivity index (χ4n) is 2.81. The number of benzene rings is 1. The number of hydrogen-bond donors (Lipinski definition) is 1. The van der Waals surface area contributed by atoms with Crippen molar-refractivity contribution < 1.29 is 4.74 Å². The number of nitrogens with two attached hydrogens (primary N) is 1. The van der Waals surface area contributed by atoms with E-state index in [-0.39, 0.29) is 6.04 Å². The fourth-order valence-corrected chi connectivity index (χ4v) is 2.81. The summed E-state index contributed by atoms with van der Waals surface area (Å²) in [5.41, 5.74) is 9.03. The van der Waals surface area contributed by atoms with Gasteiger partial charge in [-0.1, -0.05) is 31.2 Å². The third kappa shape index (κ3) is 3.56. The van der Waals surface area contributed by atoms with E-state index in [0.29, 0.717) is 6.10 Å². The largest absolute Gasteiger partial charge is 0.378 e. The zero-order valence-electron chi connectivity index (χ0n) is 11.4. The van der Waals surface area contributed by atoms with Crippen LogP contribution in [0.25, 0.3) is 0 Å². The molecule has 0 radical (unpaired) electrons. The standard InChI is InChI=1S/C16H25NO/c1-2-13-7-3-4-10-15(13)16(17)11-5-8-14-9-6-12-18-14/h3-4,7,10,14,16H,2,5-6,8-9,11-12,17H2,1H3. The van der Waals surface area contributed by atoms with Crippen LogP contribution in [0.15, 0.2) is 24.3 Å². The number of hydrogen-bond acceptors (Lipinski definition) is 2. The molecule has 1 aromatic rings. The minimum absolute atomic E-state index is 0.183. The van der Waals surface area contributed by atoms with Crippen molar-refractivity contribution in [2.75, 3.05) is 6.61 Å². The minimum atomic E-state index is 0.183. The molecule has 1 aliphatic rings. The molecule has 0 spiro atoms. The van der Waals surface area contributed by atoms with Crippen LogP contribution in [0.3, 0.4) is 0 Å². The van der Waals surface area contributed by atoms with Gasteiger partial charge in [-0.05, 0) is 49.7 Å². The molecule has 100 valence electrons. The van der Waals surface area contributed by atoms with Gasteiger partial charge in [0.1, 0.15) is 0 Å². The Morgan fingerprint density at radius 2 is 2.22 bits per heavy atom. The third-order valence-electron chi connectivity index (χ3n) is 3.90. The van der Waals surface area contributed by atoms with E-state index in [1.54, 1.807) is 0 Å². The van der Waals surface area contributed by atoms with Gasteiger partial charge in [0.25, 0.3) is 0 Å². The van der Waals surface area contributed by atoms with E-state index in [1.165, 1.54) is 36.8 Å². The summed E-state index contributed by atoms with van der Waals surface area (Å²) in [6.45, 7) is 3.15. The van der Waals surface area contributed by atoms with Gasteiger partial charge in [-0.3, -0.25) is 0 Å². The van der Waals surface area contributed by atoms with Crippen molar-refractivity contribution in [3.8, 4) is 0 Å². The summed E-state index contributed by atoms with van der Waals surface area (Å²) in [4.78, 5) is 0. The first kappa shape index (κ1) is 13.6. The van der Waals surface area contributed by atoms with E-state index in [0.717, 1.165) is 19.4 Å². The lowest BCUT2D eigenvalue weighted by Crippen LogP contribution is -2.14. The summed E-state index contributed by atoms with van der Waals surface area (Å²) in [5, 5.41) is 0. The molecule has 2 atom stereocenters. The number of aryl methyl sites for hydroxylation is 1. The van der Waals surface area contributed by atoms with Crippen LogP contribution in [0, 0.1) is 0 Å². The molecule has 1 heterocycles. The Bertz CT molecular complexity index is 358. The Balaban J connectivity index is 1.81. The quantitative estimate of drug-likeness (QED) is 0.833. The van der Waals surface area contributed by atoms with Crippen LogP contribution in [0.4, 0.5) is 0 Å². The predicted octanol–water partition coefficient (Wildman–Crippen LogP) is 3.60. The van der Waals surface area contributed by atoms with Gasteiger partial charge in [0.2, 0.25) is 0 Å². The lowest BCUT2D eigenvalue weighted by molar-refractivity contribution is 0.101. The van der Waals surface area contributed by atoms with Crippen molar-refractivity contribution in [2.24, 2.45) is 5.73 Å². The molecule has 2 rings (SSSR count). The normalized spacial score (nSPS) is 21.1. The molecule has 2 heteroatoms.